The SMILES string of the molecule is Fc1cc(F)c(CNCC2CC2)cc1F. The smallest absolute Gasteiger partial charge is 0.161 e. The van der Waals surface area contributed by atoms with E-state index in [0.717, 1.165) is 12.6 Å². The highest BCUT2D eigenvalue weighted by molar-refractivity contribution is 5.19. The third-order valence-corrected chi connectivity index (χ3v) is 2.53. The van der Waals surface area contributed by atoms with Gasteiger partial charge >= 0.3 is 0 Å². The first-order chi connectivity index (χ1) is 7.16. The molecule has 82 valence electrons. The molecule has 0 saturated heterocycles. The van der Waals surface area contributed by atoms with Crippen LogP contribution in [0, 0.1) is 23.4 Å². The number of hydrogen-bond donors (Lipinski definition) is 1. The molecule has 2 rings (SSSR count). The third-order valence-electron chi connectivity index (χ3n) is 2.53. The van der Waals surface area contributed by atoms with Crippen LogP contribution in [0.25, 0.3) is 0 Å². The molecule has 0 aromatic heterocycles. The van der Waals surface area contributed by atoms with E-state index in [1.165, 1.54) is 12.8 Å². The lowest BCUT2D eigenvalue weighted by atomic mass is 10.2. The number of rotatable bonds is 4. The second kappa shape index (κ2) is 4.23. The van der Waals surface area contributed by atoms with Gasteiger partial charge in [0.2, 0.25) is 0 Å². The van der Waals surface area contributed by atoms with Crippen LogP contribution in [0.15, 0.2) is 12.1 Å². The van der Waals surface area contributed by atoms with Crippen molar-refractivity contribution in [2.24, 2.45) is 5.92 Å². The number of hydrogen-bond acceptors (Lipinski definition) is 1. The van der Waals surface area contributed by atoms with Crippen molar-refractivity contribution in [2.45, 2.75) is 19.4 Å². The standard InChI is InChI=1S/C11H12F3N/c12-9-4-11(14)10(13)3-8(9)6-15-5-7-1-2-7/h3-4,7,15H,1-2,5-6H2. The summed E-state index contributed by atoms with van der Waals surface area (Å²) in [5, 5.41) is 3.02. The van der Waals surface area contributed by atoms with Gasteiger partial charge in [-0.05, 0) is 31.4 Å². The number of halogens is 3. The van der Waals surface area contributed by atoms with Crippen LogP contribution in [0.4, 0.5) is 13.2 Å². The van der Waals surface area contributed by atoms with Crippen LogP contribution in [0.1, 0.15) is 18.4 Å². The Hall–Kier alpha value is -1.03. The van der Waals surface area contributed by atoms with Crippen molar-refractivity contribution in [3.8, 4) is 0 Å². The van der Waals surface area contributed by atoms with Gasteiger partial charge in [-0.25, -0.2) is 13.2 Å². The lowest BCUT2D eigenvalue weighted by molar-refractivity contribution is 0.486. The van der Waals surface area contributed by atoms with Crippen LogP contribution in [-0.4, -0.2) is 6.54 Å². The Kier molecular flexibility index (Phi) is 2.95. The average molecular weight is 215 g/mol. The second-order valence-corrected chi connectivity index (χ2v) is 3.93. The molecule has 1 aromatic carbocycles. The quantitative estimate of drug-likeness (QED) is 0.761. The van der Waals surface area contributed by atoms with Gasteiger partial charge in [0.05, 0.1) is 0 Å². The Morgan fingerprint density at radius 1 is 1.07 bits per heavy atom. The zero-order valence-electron chi connectivity index (χ0n) is 8.19. The summed E-state index contributed by atoms with van der Waals surface area (Å²) in [6.07, 6.45) is 2.40. The van der Waals surface area contributed by atoms with E-state index in [4.69, 9.17) is 0 Å². The van der Waals surface area contributed by atoms with Crippen molar-refractivity contribution in [1.82, 2.24) is 5.32 Å². The van der Waals surface area contributed by atoms with E-state index in [-0.39, 0.29) is 12.1 Å². The summed E-state index contributed by atoms with van der Waals surface area (Å²) in [6.45, 7) is 1.07. The predicted octanol–water partition coefficient (Wildman–Crippen LogP) is 2.60. The lowest BCUT2D eigenvalue weighted by Crippen LogP contribution is -2.17. The summed E-state index contributed by atoms with van der Waals surface area (Å²) in [4.78, 5) is 0. The summed E-state index contributed by atoms with van der Waals surface area (Å²) in [6, 6.07) is 1.49. The molecule has 0 atom stereocenters. The molecular weight excluding hydrogens is 203 g/mol. The van der Waals surface area contributed by atoms with Crippen molar-refractivity contribution >= 4 is 0 Å². The molecule has 15 heavy (non-hydrogen) atoms. The van der Waals surface area contributed by atoms with Gasteiger partial charge in [-0.1, -0.05) is 0 Å². The molecule has 0 aliphatic heterocycles. The largest absolute Gasteiger partial charge is 0.312 e. The normalized spacial score (nSPS) is 15.7. The summed E-state index contributed by atoms with van der Waals surface area (Å²) >= 11 is 0. The van der Waals surface area contributed by atoms with E-state index in [1.807, 2.05) is 0 Å². The molecule has 1 aliphatic rings. The van der Waals surface area contributed by atoms with Crippen molar-refractivity contribution in [1.29, 1.82) is 0 Å². The van der Waals surface area contributed by atoms with Crippen LogP contribution < -0.4 is 5.32 Å². The molecular formula is C11H12F3N. The topological polar surface area (TPSA) is 12.0 Å². The highest BCUT2D eigenvalue weighted by Crippen LogP contribution is 2.27. The Balaban J connectivity index is 1.96. The highest BCUT2D eigenvalue weighted by Gasteiger charge is 2.20. The fourth-order valence-corrected chi connectivity index (χ4v) is 1.43. The van der Waals surface area contributed by atoms with Crippen LogP contribution in [-0.2, 0) is 6.54 Å². The molecule has 0 heterocycles. The highest BCUT2D eigenvalue weighted by atomic mass is 19.2. The first-order valence-corrected chi connectivity index (χ1v) is 5.01. The van der Waals surface area contributed by atoms with Crippen LogP contribution in [0.5, 0.6) is 0 Å². The zero-order chi connectivity index (χ0) is 10.8. The van der Waals surface area contributed by atoms with E-state index in [9.17, 15) is 13.2 Å². The molecule has 0 bridgehead atoms. The zero-order valence-corrected chi connectivity index (χ0v) is 8.19. The van der Waals surface area contributed by atoms with Gasteiger partial charge in [0, 0.05) is 18.2 Å². The molecule has 1 aromatic rings. The van der Waals surface area contributed by atoms with Crippen molar-refractivity contribution in [2.75, 3.05) is 6.54 Å². The third kappa shape index (κ3) is 2.72. The molecule has 0 spiro atoms. The maximum absolute atomic E-state index is 13.1. The minimum absolute atomic E-state index is 0.176. The molecule has 1 nitrogen and oxygen atoms in total. The fraction of sp³-hybridized carbons (Fsp3) is 0.455. The Morgan fingerprint density at radius 2 is 1.73 bits per heavy atom. The average Bonchev–Trinajstić information content (AvgIpc) is 2.97. The molecule has 1 aliphatic carbocycles. The summed E-state index contributed by atoms with van der Waals surface area (Å²) in [7, 11) is 0. The maximum Gasteiger partial charge on any atom is 0.161 e. The van der Waals surface area contributed by atoms with Crippen molar-refractivity contribution < 1.29 is 13.2 Å². The second-order valence-electron chi connectivity index (χ2n) is 3.93. The fourth-order valence-electron chi connectivity index (χ4n) is 1.43. The first kappa shape index (κ1) is 10.5. The number of nitrogens with one attached hydrogen (secondary N) is 1. The van der Waals surface area contributed by atoms with Gasteiger partial charge in [-0.3, -0.25) is 0 Å². The van der Waals surface area contributed by atoms with Gasteiger partial charge in [0.1, 0.15) is 5.82 Å². The molecule has 4 heteroatoms. The minimum Gasteiger partial charge on any atom is -0.312 e. The van der Waals surface area contributed by atoms with Crippen molar-refractivity contribution in [3.05, 3.63) is 35.1 Å². The molecule has 1 N–H and O–H groups in total. The van der Waals surface area contributed by atoms with E-state index >= 15 is 0 Å². The van der Waals surface area contributed by atoms with Gasteiger partial charge < -0.3 is 5.32 Å². The summed E-state index contributed by atoms with van der Waals surface area (Å²) in [5.41, 5.74) is 0.176. The van der Waals surface area contributed by atoms with E-state index in [2.05, 4.69) is 5.32 Å². The minimum atomic E-state index is -1.14. The predicted molar refractivity (Wildman–Crippen MR) is 50.7 cm³/mol. The molecule has 0 radical (unpaired) electrons. The van der Waals surface area contributed by atoms with Gasteiger partial charge in [0.25, 0.3) is 0 Å². The Labute approximate surface area is 86.3 Å². The van der Waals surface area contributed by atoms with Gasteiger partial charge in [-0.2, -0.15) is 0 Å². The van der Waals surface area contributed by atoms with Crippen LogP contribution in [0.3, 0.4) is 0 Å². The lowest BCUT2D eigenvalue weighted by Gasteiger charge is -2.05. The van der Waals surface area contributed by atoms with Crippen molar-refractivity contribution in [3.63, 3.8) is 0 Å². The summed E-state index contributed by atoms with van der Waals surface area (Å²) < 4.78 is 38.5. The number of benzene rings is 1. The molecule has 0 unspecified atom stereocenters. The monoisotopic (exact) mass is 215 g/mol. The van der Waals surface area contributed by atoms with Crippen LogP contribution >= 0.6 is 0 Å². The van der Waals surface area contributed by atoms with E-state index in [0.29, 0.717) is 12.0 Å². The molecule has 0 amide bonds. The molecule has 1 fully saturated rings. The van der Waals surface area contributed by atoms with Crippen LogP contribution in [0.2, 0.25) is 0 Å². The van der Waals surface area contributed by atoms with Gasteiger partial charge in [0.15, 0.2) is 11.6 Å². The maximum atomic E-state index is 13.1. The Bertz CT molecular complexity index is 361. The van der Waals surface area contributed by atoms with E-state index in [1.54, 1.807) is 0 Å². The Morgan fingerprint density at radius 3 is 2.40 bits per heavy atom. The van der Waals surface area contributed by atoms with E-state index < -0.39 is 17.5 Å². The summed E-state index contributed by atoms with van der Waals surface area (Å²) in [5.74, 6) is -2.16. The van der Waals surface area contributed by atoms with Gasteiger partial charge in [-0.15, -0.1) is 0 Å². The first-order valence-electron chi connectivity index (χ1n) is 5.01. The molecule has 1 saturated carbocycles.